The molecule has 0 aromatic heterocycles. The summed E-state index contributed by atoms with van der Waals surface area (Å²) in [6.07, 6.45) is 0. The minimum Gasteiger partial charge on any atom is -0.329 e. The minimum atomic E-state index is -3.43. The topological polar surface area (TPSA) is 89.3 Å². The van der Waals surface area contributed by atoms with E-state index in [1.54, 1.807) is 0 Å². The fourth-order valence-corrected chi connectivity index (χ4v) is 2.94. The molecule has 112 valence electrons. The van der Waals surface area contributed by atoms with Crippen LogP contribution in [0.2, 0.25) is 0 Å². The maximum Gasteiger partial charge on any atom is 0.239 e. The van der Waals surface area contributed by atoms with Crippen LogP contribution in [0.5, 0.6) is 0 Å². The van der Waals surface area contributed by atoms with E-state index in [1.807, 2.05) is 39.0 Å². The first-order valence-corrected chi connectivity index (χ1v) is 8.39. The molecule has 1 amide bonds. The van der Waals surface area contributed by atoms with E-state index in [9.17, 15) is 13.2 Å². The van der Waals surface area contributed by atoms with Gasteiger partial charge in [-0.05, 0) is 24.0 Å². The Balaban J connectivity index is 2.92. The van der Waals surface area contributed by atoms with E-state index < -0.39 is 21.5 Å². The molecular formula is C14H22N2O3S. The number of rotatable bonds is 6. The third kappa shape index (κ3) is 4.61. The second-order valence-electron chi connectivity index (χ2n) is 5.12. The van der Waals surface area contributed by atoms with Crippen LogP contribution >= 0.6 is 0 Å². The average Bonchev–Trinajstić information content (AvgIpc) is 2.30. The molecule has 6 heteroatoms. The molecule has 3 N–H and O–H groups in total. The predicted molar refractivity (Wildman–Crippen MR) is 81.6 cm³/mol. The van der Waals surface area contributed by atoms with E-state index in [1.165, 1.54) is 0 Å². The molecular weight excluding hydrogens is 276 g/mol. The highest BCUT2D eigenvalue weighted by Gasteiger charge is 2.18. The fourth-order valence-electron chi connectivity index (χ4n) is 1.97. The molecule has 0 aliphatic rings. The third-order valence-electron chi connectivity index (χ3n) is 2.97. The first kappa shape index (κ1) is 16.7. The second-order valence-corrected chi connectivity index (χ2v) is 7.31. The molecule has 0 spiro atoms. The SMILES string of the molecule is Cc1cccc(C(C)C)c1NC(=O)CS(=O)(=O)CCN. The summed E-state index contributed by atoms with van der Waals surface area (Å²) in [5.74, 6) is -0.984. The summed E-state index contributed by atoms with van der Waals surface area (Å²) < 4.78 is 23.2. The van der Waals surface area contributed by atoms with Gasteiger partial charge in [-0.15, -0.1) is 0 Å². The summed E-state index contributed by atoms with van der Waals surface area (Å²) in [6, 6.07) is 5.74. The molecule has 1 rings (SSSR count). The highest BCUT2D eigenvalue weighted by molar-refractivity contribution is 7.92. The fraction of sp³-hybridized carbons (Fsp3) is 0.500. The Morgan fingerprint density at radius 1 is 1.35 bits per heavy atom. The van der Waals surface area contributed by atoms with Crippen LogP contribution in [0.1, 0.15) is 30.9 Å². The largest absolute Gasteiger partial charge is 0.329 e. The molecule has 0 aliphatic heterocycles. The van der Waals surface area contributed by atoms with Crippen molar-refractivity contribution in [2.75, 3.05) is 23.4 Å². The maximum atomic E-state index is 11.9. The Morgan fingerprint density at radius 2 is 2.00 bits per heavy atom. The van der Waals surface area contributed by atoms with Crippen molar-refractivity contribution in [2.24, 2.45) is 5.73 Å². The van der Waals surface area contributed by atoms with Crippen molar-refractivity contribution in [2.45, 2.75) is 26.7 Å². The summed E-state index contributed by atoms with van der Waals surface area (Å²) >= 11 is 0. The van der Waals surface area contributed by atoms with Gasteiger partial charge in [-0.2, -0.15) is 0 Å². The van der Waals surface area contributed by atoms with Gasteiger partial charge >= 0.3 is 0 Å². The Morgan fingerprint density at radius 3 is 2.55 bits per heavy atom. The summed E-state index contributed by atoms with van der Waals surface area (Å²) in [7, 11) is -3.43. The molecule has 0 saturated carbocycles. The zero-order valence-corrected chi connectivity index (χ0v) is 13.0. The minimum absolute atomic E-state index is 0.0250. The number of anilines is 1. The lowest BCUT2D eigenvalue weighted by Gasteiger charge is -2.16. The van der Waals surface area contributed by atoms with Gasteiger partial charge in [-0.25, -0.2) is 8.42 Å². The Labute approximate surface area is 120 Å². The molecule has 0 radical (unpaired) electrons. The zero-order valence-electron chi connectivity index (χ0n) is 12.1. The normalized spacial score (nSPS) is 11.7. The standard InChI is InChI=1S/C14H22N2O3S/c1-10(2)12-6-4-5-11(3)14(12)16-13(17)9-20(18,19)8-7-15/h4-6,10H,7-9,15H2,1-3H3,(H,16,17). The second kappa shape index (κ2) is 6.85. The monoisotopic (exact) mass is 298 g/mol. The van der Waals surface area contributed by atoms with E-state index in [0.29, 0.717) is 5.69 Å². The number of hydrogen-bond donors (Lipinski definition) is 2. The van der Waals surface area contributed by atoms with Gasteiger partial charge in [0.15, 0.2) is 9.84 Å². The van der Waals surface area contributed by atoms with Crippen LogP contribution in [-0.2, 0) is 14.6 Å². The number of para-hydroxylation sites is 1. The van der Waals surface area contributed by atoms with E-state index in [0.717, 1.165) is 11.1 Å². The lowest BCUT2D eigenvalue weighted by Crippen LogP contribution is -2.28. The van der Waals surface area contributed by atoms with Gasteiger partial charge in [0.1, 0.15) is 5.75 Å². The van der Waals surface area contributed by atoms with Gasteiger partial charge in [0.25, 0.3) is 0 Å². The first-order valence-electron chi connectivity index (χ1n) is 6.56. The van der Waals surface area contributed by atoms with Crippen molar-refractivity contribution in [3.63, 3.8) is 0 Å². The van der Waals surface area contributed by atoms with Crippen LogP contribution in [0.3, 0.4) is 0 Å². The number of amides is 1. The molecule has 0 atom stereocenters. The number of carbonyl (C=O) groups excluding carboxylic acids is 1. The van der Waals surface area contributed by atoms with Crippen molar-refractivity contribution < 1.29 is 13.2 Å². The number of nitrogens with one attached hydrogen (secondary N) is 1. The van der Waals surface area contributed by atoms with Crippen LogP contribution in [0.4, 0.5) is 5.69 Å². The van der Waals surface area contributed by atoms with Crippen LogP contribution in [0.15, 0.2) is 18.2 Å². The summed E-state index contributed by atoms with van der Waals surface area (Å²) in [4.78, 5) is 11.9. The number of sulfone groups is 1. The Hall–Kier alpha value is -1.40. The summed E-state index contributed by atoms with van der Waals surface area (Å²) in [5.41, 5.74) is 7.84. The van der Waals surface area contributed by atoms with Gasteiger partial charge < -0.3 is 11.1 Å². The smallest absolute Gasteiger partial charge is 0.239 e. The van der Waals surface area contributed by atoms with Crippen molar-refractivity contribution in [3.8, 4) is 0 Å². The highest BCUT2D eigenvalue weighted by Crippen LogP contribution is 2.27. The molecule has 5 nitrogen and oxygen atoms in total. The van der Waals surface area contributed by atoms with Crippen LogP contribution < -0.4 is 11.1 Å². The van der Waals surface area contributed by atoms with Gasteiger partial charge in [0, 0.05) is 12.2 Å². The van der Waals surface area contributed by atoms with Crippen molar-refractivity contribution in [3.05, 3.63) is 29.3 Å². The van der Waals surface area contributed by atoms with Gasteiger partial charge in [-0.3, -0.25) is 4.79 Å². The predicted octanol–water partition coefficient (Wildman–Crippen LogP) is 1.43. The van der Waals surface area contributed by atoms with E-state index in [-0.39, 0.29) is 18.2 Å². The quantitative estimate of drug-likeness (QED) is 0.831. The lowest BCUT2D eigenvalue weighted by molar-refractivity contribution is -0.113. The van der Waals surface area contributed by atoms with Gasteiger partial charge in [-0.1, -0.05) is 32.0 Å². The number of nitrogens with two attached hydrogens (primary N) is 1. The molecule has 0 unspecified atom stereocenters. The van der Waals surface area contributed by atoms with Crippen molar-refractivity contribution in [1.29, 1.82) is 0 Å². The summed E-state index contributed by atoms with van der Waals surface area (Å²) in [6.45, 7) is 5.96. The number of benzene rings is 1. The number of carbonyl (C=O) groups is 1. The van der Waals surface area contributed by atoms with Crippen LogP contribution in [-0.4, -0.2) is 32.4 Å². The average molecular weight is 298 g/mol. The Kier molecular flexibility index (Phi) is 5.71. The van der Waals surface area contributed by atoms with Crippen molar-refractivity contribution in [1.82, 2.24) is 0 Å². The number of hydrogen-bond acceptors (Lipinski definition) is 4. The molecule has 1 aromatic rings. The summed E-state index contributed by atoms with van der Waals surface area (Å²) in [5, 5.41) is 2.72. The Bertz CT molecular complexity index is 580. The van der Waals surface area contributed by atoms with Crippen molar-refractivity contribution >= 4 is 21.4 Å². The van der Waals surface area contributed by atoms with Gasteiger partial charge in [0.05, 0.1) is 5.75 Å². The molecule has 0 aliphatic carbocycles. The van der Waals surface area contributed by atoms with Crippen LogP contribution in [0, 0.1) is 6.92 Å². The van der Waals surface area contributed by atoms with E-state index in [4.69, 9.17) is 5.73 Å². The van der Waals surface area contributed by atoms with Gasteiger partial charge in [0.2, 0.25) is 5.91 Å². The molecule has 0 fully saturated rings. The van der Waals surface area contributed by atoms with E-state index >= 15 is 0 Å². The molecule has 20 heavy (non-hydrogen) atoms. The van der Waals surface area contributed by atoms with E-state index in [2.05, 4.69) is 5.32 Å². The molecule has 0 heterocycles. The zero-order chi connectivity index (χ0) is 15.3. The molecule has 0 saturated heterocycles. The lowest BCUT2D eigenvalue weighted by atomic mass is 9.98. The first-order chi connectivity index (χ1) is 9.26. The maximum absolute atomic E-state index is 11.9. The molecule has 1 aromatic carbocycles. The number of aryl methyl sites for hydroxylation is 1. The highest BCUT2D eigenvalue weighted by atomic mass is 32.2. The third-order valence-corrected chi connectivity index (χ3v) is 4.53. The van der Waals surface area contributed by atoms with Crippen LogP contribution in [0.25, 0.3) is 0 Å². The molecule has 0 bridgehead atoms.